The van der Waals surface area contributed by atoms with Crippen LogP contribution in [0.15, 0.2) is 18.7 Å². The summed E-state index contributed by atoms with van der Waals surface area (Å²) in [5.74, 6) is 0. The summed E-state index contributed by atoms with van der Waals surface area (Å²) in [7, 11) is 0. The Balaban J connectivity index is 1.65. The van der Waals surface area contributed by atoms with Gasteiger partial charge in [0.05, 0.1) is 6.20 Å². The Morgan fingerprint density at radius 1 is 1.50 bits per heavy atom. The van der Waals surface area contributed by atoms with E-state index in [1.54, 1.807) is 12.5 Å². The van der Waals surface area contributed by atoms with Gasteiger partial charge < -0.3 is 5.32 Å². The Morgan fingerprint density at radius 2 is 2.50 bits per heavy atom. The average Bonchev–Trinajstić information content (AvgIpc) is 2.86. The highest BCUT2D eigenvalue weighted by Crippen LogP contribution is 2.05. The lowest BCUT2D eigenvalue weighted by Crippen LogP contribution is -2.06. The maximum atomic E-state index is 4.01. The number of aryl methyl sites for hydroxylation is 1. The van der Waals surface area contributed by atoms with Crippen molar-refractivity contribution in [2.75, 3.05) is 11.9 Å². The van der Waals surface area contributed by atoms with Crippen LogP contribution in [0.4, 0.5) is 5.13 Å². The Kier molecular flexibility index (Phi) is 3.02. The first-order valence-corrected chi connectivity index (χ1v) is 5.07. The Hall–Kier alpha value is -1.50. The van der Waals surface area contributed by atoms with Gasteiger partial charge in [-0.3, -0.25) is 4.68 Å². The minimum atomic E-state index is 0.864. The van der Waals surface area contributed by atoms with E-state index in [9.17, 15) is 0 Å². The van der Waals surface area contributed by atoms with Crippen molar-refractivity contribution in [1.82, 2.24) is 24.4 Å². The third-order valence-electron chi connectivity index (χ3n) is 1.67. The second kappa shape index (κ2) is 4.66. The highest BCUT2D eigenvalue weighted by atomic mass is 32.1. The smallest absolute Gasteiger partial charge is 0.202 e. The molecule has 2 aromatic heterocycles. The van der Waals surface area contributed by atoms with Gasteiger partial charge in [-0.05, 0) is 6.42 Å². The fraction of sp³-hybridized carbons (Fsp3) is 0.429. The molecular formula is C7H10N6S. The Bertz CT molecular complexity index is 306. The lowest BCUT2D eigenvalue weighted by molar-refractivity contribution is 0.570. The third kappa shape index (κ3) is 2.49. The van der Waals surface area contributed by atoms with Crippen LogP contribution < -0.4 is 5.32 Å². The van der Waals surface area contributed by atoms with Crippen LogP contribution in [0.2, 0.25) is 0 Å². The van der Waals surface area contributed by atoms with E-state index in [0.29, 0.717) is 0 Å². The lowest BCUT2D eigenvalue weighted by Gasteiger charge is -2.01. The maximum absolute atomic E-state index is 4.01. The van der Waals surface area contributed by atoms with Crippen molar-refractivity contribution < 1.29 is 0 Å². The molecule has 2 aromatic rings. The second-order valence-electron chi connectivity index (χ2n) is 2.69. The molecule has 0 aliphatic heterocycles. The Morgan fingerprint density at radius 3 is 3.21 bits per heavy atom. The molecule has 0 saturated carbocycles. The van der Waals surface area contributed by atoms with Gasteiger partial charge >= 0.3 is 0 Å². The number of nitrogens with zero attached hydrogens (tertiary/aromatic N) is 5. The second-order valence-corrected chi connectivity index (χ2v) is 3.47. The molecule has 0 aliphatic rings. The predicted octanol–water partition coefficient (Wildman–Crippen LogP) is 0.632. The van der Waals surface area contributed by atoms with E-state index in [4.69, 9.17) is 0 Å². The van der Waals surface area contributed by atoms with E-state index >= 15 is 0 Å². The van der Waals surface area contributed by atoms with E-state index in [2.05, 4.69) is 25.0 Å². The molecule has 6 nitrogen and oxygen atoms in total. The SMILES string of the molecule is c1cn(CCCNc2ncns2)nn1. The molecule has 0 unspecified atom stereocenters. The monoisotopic (exact) mass is 210 g/mol. The number of anilines is 1. The van der Waals surface area contributed by atoms with Crippen LogP contribution in [0.25, 0.3) is 0 Å². The summed E-state index contributed by atoms with van der Waals surface area (Å²) in [5, 5.41) is 11.6. The van der Waals surface area contributed by atoms with Crippen LogP contribution in [0.3, 0.4) is 0 Å². The zero-order valence-corrected chi connectivity index (χ0v) is 8.31. The molecule has 0 spiro atoms. The molecule has 7 heteroatoms. The van der Waals surface area contributed by atoms with Crippen molar-refractivity contribution in [3.63, 3.8) is 0 Å². The van der Waals surface area contributed by atoms with E-state index in [1.807, 2.05) is 10.9 Å². The van der Waals surface area contributed by atoms with Gasteiger partial charge in [-0.25, -0.2) is 4.98 Å². The molecule has 2 heterocycles. The van der Waals surface area contributed by atoms with Gasteiger partial charge in [-0.15, -0.1) is 5.10 Å². The zero-order chi connectivity index (χ0) is 9.64. The summed E-state index contributed by atoms with van der Waals surface area (Å²) in [6.45, 7) is 1.74. The van der Waals surface area contributed by atoms with Gasteiger partial charge in [-0.1, -0.05) is 5.21 Å². The number of hydrogen-bond donors (Lipinski definition) is 1. The van der Waals surface area contributed by atoms with Gasteiger partial charge in [0, 0.05) is 30.8 Å². The molecule has 2 rings (SSSR count). The topological polar surface area (TPSA) is 68.5 Å². The lowest BCUT2D eigenvalue weighted by atomic mass is 10.4. The van der Waals surface area contributed by atoms with Crippen LogP contribution >= 0.6 is 11.5 Å². The van der Waals surface area contributed by atoms with Gasteiger partial charge in [0.2, 0.25) is 5.13 Å². The highest BCUT2D eigenvalue weighted by molar-refractivity contribution is 7.09. The summed E-state index contributed by atoms with van der Waals surface area (Å²) >= 11 is 1.36. The average molecular weight is 210 g/mol. The molecule has 1 N–H and O–H groups in total. The van der Waals surface area contributed by atoms with Crippen molar-refractivity contribution in [2.24, 2.45) is 0 Å². The zero-order valence-electron chi connectivity index (χ0n) is 7.50. The fourth-order valence-corrected chi connectivity index (χ4v) is 1.49. The van der Waals surface area contributed by atoms with Gasteiger partial charge in [0.15, 0.2) is 0 Å². The van der Waals surface area contributed by atoms with Crippen LogP contribution in [0.1, 0.15) is 6.42 Å². The van der Waals surface area contributed by atoms with Crippen LogP contribution in [0, 0.1) is 0 Å². The minimum absolute atomic E-state index is 0.864. The molecule has 0 fully saturated rings. The summed E-state index contributed by atoms with van der Waals surface area (Å²) in [5.41, 5.74) is 0. The summed E-state index contributed by atoms with van der Waals surface area (Å²) in [6.07, 6.45) is 6.07. The molecular weight excluding hydrogens is 200 g/mol. The van der Waals surface area contributed by atoms with Crippen LogP contribution in [-0.4, -0.2) is 30.9 Å². The normalized spacial score (nSPS) is 10.3. The maximum Gasteiger partial charge on any atom is 0.202 e. The number of nitrogens with one attached hydrogen (secondary N) is 1. The number of rotatable bonds is 5. The molecule has 0 aromatic carbocycles. The standard InChI is InChI=1S/C7H10N6S/c1(4-13-5-3-10-12-13)2-8-7-9-6-11-14-7/h3,5-6H,1-2,4H2,(H,8,9,11). The summed E-state index contributed by atoms with van der Waals surface area (Å²) in [4.78, 5) is 4.01. The van der Waals surface area contributed by atoms with E-state index in [1.165, 1.54) is 11.5 Å². The first kappa shape index (κ1) is 9.07. The van der Waals surface area contributed by atoms with E-state index < -0.39 is 0 Å². The summed E-state index contributed by atoms with van der Waals surface area (Å²) in [6, 6.07) is 0. The van der Waals surface area contributed by atoms with Crippen molar-refractivity contribution in [2.45, 2.75) is 13.0 Å². The van der Waals surface area contributed by atoms with Gasteiger partial charge in [-0.2, -0.15) is 4.37 Å². The molecule has 0 radical (unpaired) electrons. The van der Waals surface area contributed by atoms with Gasteiger partial charge in [0.25, 0.3) is 0 Å². The Labute approximate surface area is 85.1 Å². The molecule has 0 bridgehead atoms. The van der Waals surface area contributed by atoms with E-state index in [-0.39, 0.29) is 0 Å². The molecule has 14 heavy (non-hydrogen) atoms. The minimum Gasteiger partial charge on any atom is -0.360 e. The number of hydrogen-bond acceptors (Lipinski definition) is 6. The molecule has 0 amide bonds. The fourth-order valence-electron chi connectivity index (χ4n) is 1.04. The molecule has 74 valence electrons. The number of aromatic nitrogens is 5. The van der Waals surface area contributed by atoms with Crippen molar-refractivity contribution in [3.05, 3.63) is 18.7 Å². The van der Waals surface area contributed by atoms with Gasteiger partial charge in [0.1, 0.15) is 6.33 Å². The quantitative estimate of drug-likeness (QED) is 0.733. The van der Waals surface area contributed by atoms with Crippen molar-refractivity contribution in [3.8, 4) is 0 Å². The van der Waals surface area contributed by atoms with E-state index in [0.717, 1.165) is 24.6 Å². The first-order valence-electron chi connectivity index (χ1n) is 4.30. The van der Waals surface area contributed by atoms with Crippen LogP contribution in [-0.2, 0) is 6.54 Å². The largest absolute Gasteiger partial charge is 0.360 e. The first-order chi connectivity index (χ1) is 6.95. The summed E-state index contributed by atoms with van der Waals surface area (Å²) < 4.78 is 5.70. The predicted molar refractivity (Wildman–Crippen MR) is 53.0 cm³/mol. The molecule has 0 atom stereocenters. The molecule has 0 saturated heterocycles. The highest BCUT2D eigenvalue weighted by Gasteiger charge is 1.95. The van der Waals surface area contributed by atoms with Crippen molar-refractivity contribution in [1.29, 1.82) is 0 Å². The third-order valence-corrected chi connectivity index (χ3v) is 2.30. The molecule has 0 aliphatic carbocycles. The van der Waals surface area contributed by atoms with Crippen molar-refractivity contribution >= 4 is 16.7 Å². The van der Waals surface area contributed by atoms with Crippen LogP contribution in [0.5, 0.6) is 0 Å².